The molecular formula is C16H23ClN2O4S. The molecule has 0 atom stereocenters. The molecule has 0 aliphatic carbocycles. The molecule has 8 heteroatoms. The molecule has 0 saturated carbocycles. The highest BCUT2D eigenvalue weighted by Gasteiger charge is 2.30. The van der Waals surface area contributed by atoms with Gasteiger partial charge in [0.25, 0.3) is 0 Å². The number of hydrogen-bond donors (Lipinski definition) is 1. The topological polar surface area (TPSA) is 77.9 Å². The standard InChI is InChI=1S/C16H23ClN2O4S/c1-2-24(22,23)19-8-6-15(7-9-19)18(12-16(20)21)11-13-4-3-5-14(17)10-13/h3-5,10,15H,2,6-9,11-12H2,1H3,(H,20,21). The second kappa shape index (κ2) is 8.29. The van der Waals surface area contributed by atoms with Gasteiger partial charge in [-0.05, 0) is 37.5 Å². The molecule has 1 aromatic rings. The SMILES string of the molecule is CCS(=O)(=O)N1CCC(N(CC(=O)O)Cc2cccc(Cl)c2)CC1. The summed E-state index contributed by atoms with van der Waals surface area (Å²) in [5.41, 5.74) is 0.951. The molecule has 24 heavy (non-hydrogen) atoms. The first-order chi connectivity index (χ1) is 11.3. The predicted octanol–water partition coefficient (Wildman–Crippen LogP) is 2.04. The number of nitrogens with zero attached hydrogens (tertiary/aromatic N) is 2. The van der Waals surface area contributed by atoms with E-state index in [-0.39, 0.29) is 18.3 Å². The molecular weight excluding hydrogens is 352 g/mol. The molecule has 1 heterocycles. The summed E-state index contributed by atoms with van der Waals surface area (Å²) in [5.74, 6) is -0.792. The molecule has 1 aliphatic heterocycles. The quantitative estimate of drug-likeness (QED) is 0.790. The van der Waals surface area contributed by atoms with Gasteiger partial charge in [-0.25, -0.2) is 12.7 Å². The van der Waals surface area contributed by atoms with Crippen LogP contribution in [0.1, 0.15) is 25.3 Å². The van der Waals surface area contributed by atoms with Crippen molar-refractivity contribution in [1.82, 2.24) is 9.21 Å². The van der Waals surface area contributed by atoms with Crippen molar-refractivity contribution >= 4 is 27.6 Å². The van der Waals surface area contributed by atoms with Crippen molar-refractivity contribution in [3.63, 3.8) is 0 Å². The lowest BCUT2D eigenvalue weighted by molar-refractivity contribution is -0.139. The van der Waals surface area contributed by atoms with Crippen LogP contribution in [0, 0.1) is 0 Å². The van der Waals surface area contributed by atoms with Crippen molar-refractivity contribution in [1.29, 1.82) is 0 Å². The summed E-state index contributed by atoms with van der Waals surface area (Å²) >= 11 is 6.00. The number of carbonyl (C=O) groups is 1. The summed E-state index contributed by atoms with van der Waals surface area (Å²) < 4.78 is 25.4. The van der Waals surface area contributed by atoms with E-state index < -0.39 is 16.0 Å². The zero-order valence-corrected chi connectivity index (χ0v) is 15.3. The highest BCUT2D eigenvalue weighted by molar-refractivity contribution is 7.89. The monoisotopic (exact) mass is 374 g/mol. The number of halogens is 1. The van der Waals surface area contributed by atoms with Crippen molar-refractivity contribution in [3.8, 4) is 0 Å². The fourth-order valence-electron chi connectivity index (χ4n) is 3.03. The summed E-state index contributed by atoms with van der Waals surface area (Å²) in [5, 5.41) is 9.81. The number of piperidine rings is 1. The Morgan fingerprint density at radius 2 is 2.04 bits per heavy atom. The van der Waals surface area contributed by atoms with Gasteiger partial charge in [0.15, 0.2) is 0 Å². The van der Waals surface area contributed by atoms with Crippen LogP contribution in [0.25, 0.3) is 0 Å². The van der Waals surface area contributed by atoms with E-state index in [1.807, 2.05) is 23.1 Å². The molecule has 1 aromatic carbocycles. The van der Waals surface area contributed by atoms with Crippen LogP contribution < -0.4 is 0 Å². The Morgan fingerprint density at radius 1 is 1.38 bits per heavy atom. The lowest BCUT2D eigenvalue weighted by Gasteiger charge is -2.37. The van der Waals surface area contributed by atoms with Crippen LogP contribution >= 0.6 is 11.6 Å². The van der Waals surface area contributed by atoms with Crippen molar-refractivity contribution in [3.05, 3.63) is 34.9 Å². The van der Waals surface area contributed by atoms with Gasteiger partial charge in [0, 0.05) is 30.7 Å². The van der Waals surface area contributed by atoms with Gasteiger partial charge in [0.05, 0.1) is 12.3 Å². The van der Waals surface area contributed by atoms with Crippen LogP contribution in [0.5, 0.6) is 0 Å². The van der Waals surface area contributed by atoms with E-state index in [9.17, 15) is 18.3 Å². The second-order valence-electron chi connectivity index (χ2n) is 5.96. The first-order valence-corrected chi connectivity index (χ1v) is 9.98. The Kier molecular flexibility index (Phi) is 6.62. The minimum absolute atomic E-state index is 0.0448. The van der Waals surface area contributed by atoms with Crippen molar-refractivity contribution < 1.29 is 18.3 Å². The lowest BCUT2D eigenvalue weighted by Crippen LogP contribution is -2.48. The average Bonchev–Trinajstić information content (AvgIpc) is 2.54. The van der Waals surface area contributed by atoms with E-state index in [0.29, 0.717) is 37.5 Å². The van der Waals surface area contributed by atoms with Gasteiger partial charge >= 0.3 is 5.97 Å². The number of carboxylic acid groups (broad SMARTS) is 1. The predicted molar refractivity (Wildman–Crippen MR) is 93.6 cm³/mol. The molecule has 0 spiro atoms. The number of benzene rings is 1. The third kappa shape index (κ3) is 5.17. The van der Waals surface area contributed by atoms with Gasteiger partial charge in [-0.2, -0.15) is 0 Å². The fourth-order valence-corrected chi connectivity index (χ4v) is 4.37. The highest BCUT2D eigenvalue weighted by atomic mass is 35.5. The van der Waals surface area contributed by atoms with Gasteiger partial charge in [-0.3, -0.25) is 9.69 Å². The molecule has 134 valence electrons. The summed E-state index contributed by atoms with van der Waals surface area (Å²) in [4.78, 5) is 13.1. The number of aliphatic carboxylic acids is 1. The van der Waals surface area contributed by atoms with Gasteiger partial charge in [0.1, 0.15) is 0 Å². The van der Waals surface area contributed by atoms with E-state index in [4.69, 9.17) is 11.6 Å². The normalized spacial score (nSPS) is 17.3. The largest absolute Gasteiger partial charge is 0.480 e. The van der Waals surface area contributed by atoms with Crippen LogP contribution in [0.15, 0.2) is 24.3 Å². The first-order valence-electron chi connectivity index (χ1n) is 8.00. The zero-order chi connectivity index (χ0) is 17.7. The Hall–Kier alpha value is -1.15. The third-order valence-corrected chi connectivity index (χ3v) is 6.43. The number of sulfonamides is 1. The Balaban J connectivity index is 2.05. The van der Waals surface area contributed by atoms with Crippen molar-refractivity contribution in [2.24, 2.45) is 0 Å². The summed E-state index contributed by atoms with van der Waals surface area (Å²) in [6.45, 7) is 2.92. The Morgan fingerprint density at radius 3 is 2.58 bits per heavy atom. The zero-order valence-electron chi connectivity index (χ0n) is 13.7. The minimum atomic E-state index is -3.18. The Labute approximate surface area is 148 Å². The molecule has 6 nitrogen and oxygen atoms in total. The van der Waals surface area contributed by atoms with Crippen molar-refractivity contribution in [2.45, 2.75) is 32.4 Å². The third-order valence-electron chi connectivity index (χ3n) is 4.31. The molecule has 0 radical (unpaired) electrons. The van der Waals surface area contributed by atoms with Crippen molar-refractivity contribution in [2.75, 3.05) is 25.4 Å². The molecule has 1 N–H and O–H groups in total. The molecule has 0 amide bonds. The van der Waals surface area contributed by atoms with Crippen LogP contribution in [0.2, 0.25) is 5.02 Å². The Bertz CT molecular complexity index is 672. The first kappa shape index (κ1) is 19.2. The fraction of sp³-hybridized carbons (Fsp3) is 0.562. The number of rotatable bonds is 7. The van der Waals surface area contributed by atoms with E-state index in [1.165, 1.54) is 4.31 Å². The smallest absolute Gasteiger partial charge is 0.317 e. The number of carboxylic acids is 1. The van der Waals surface area contributed by atoms with Crippen LogP contribution in [-0.2, 0) is 21.4 Å². The van der Waals surface area contributed by atoms with E-state index >= 15 is 0 Å². The summed E-state index contributed by atoms with van der Waals surface area (Å²) in [7, 11) is -3.18. The van der Waals surface area contributed by atoms with E-state index in [2.05, 4.69) is 0 Å². The van der Waals surface area contributed by atoms with Crippen LogP contribution in [-0.4, -0.2) is 60.1 Å². The maximum Gasteiger partial charge on any atom is 0.317 e. The lowest BCUT2D eigenvalue weighted by atomic mass is 10.0. The molecule has 1 fully saturated rings. The van der Waals surface area contributed by atoms with E-state index in [1.54, 1.807) is 13.0 Å². The molecule has 2 rings (SSSR count). The maximum atomic E-state index is 11.9. The van der Waals surface area contributed by atoms with Crippen LogP contribution in [0.3, 0.4) is 0 Å². The van der Waals surface area contributed by atoms with E-state index in [0.717, 1.165) is 5.56 Å². The molecule has 1 aliphatic rings. The number of hydrogen-bond acceptors (Lipinski definition) is 4. The van der Waals surface area contributed by atoms with Gasteiger partial charge in [-0.1, -0.05) is 23.7 Å². The summed E-state index contributed by atoms with van der Waals surface area (Å²) in [6, 6.07) is 7.40. The molecule has 0 aromatic heterocycles. The average molecular weight is 375 g/mol. The van der Waals surface area contributed by atoms with Crippen LogP contribution in [0.4, 0.5) is 0 Å². The minimum Gasteiger partial charge on any atom is -0.480 e. The second-order valence-corrected chi connectivity index (χ2v) is 8.65. The molecule has 1 saturated heterocycles. The summed E-state index contributed by atoms with van der Waals surface area (Å²) in [6.07, 6.45) is 1.26. The molecule has 0 bridgehead atoms. The molecule has 0 unspecified atom stereocenters. The highest BCUT2D eigenvalue weighted by Crippen LogP contribution is 2.22. The maximum absolute atomic E-state index is 11.9. The van der Waals surface area contributed by atoms with Gasteiger partial charge < -0.3 is 5.11 Å². The van der Waals surface area contributed by atoms with Gasteiger partial charge in [0.2, 0.25) is 10.0 Å². The van der Waals surface area contributed by atoms with Gasteiger partial charge in [-0.15, -0.1) is 0 Å².